The molecule has 0 spiro atoms. The summed E-state index contributed by atoms with van der Waals surface area (Å²) in [6.45, 7) is 1.94. The van der Waals surface area contributed by atoms with Crippen LogP contribution >= 0.6 is 0 Å². The zero-order chi connectivity index (χ0) is 34.9. The first-order valence-corrected chi connectivity index (χ1v) is 16.6. The average molecular weight is 668 g/mol. The van der Waals surface area contributed by atoms with Gasteiger partial charge >= 0.3 is 5.97 Å². The van der Waals surface area contributed by atoms with E-state index in [0.29, 0.717) is 16.8 Å². The molecule has 2 aliphatic carbocycles. The number of hydrogen-bond donors (Lipinski definition) is 3. The fourth-order valence-corrected chi connectivity index (χ4v) is 8.82. The van der Waals surface area contributed by atoms with Gasteiger partial charge in [-0.15, -0.1) is 0 Å². The molecule has 3 fully saturated rings. The standard InChI is InChI=1S/C40H33N3O7/c1-22-10-14-26(15-11-22)41-43-36(46)32-21-31-29(18-19-30-33(31)37(47)42(35(30)45)27-9-5-6-24(20-27)38(48)49)34(23-12-16-28(44)17-13-23)40(32,39(43)50)25-7-3-2-4-8-25/h2-18,20,30-34,41,44H,19,21H2,1H3,(H,48,49)/t30-,31+,32-,33-,34-,40+/m0/s1. The number of carbonyl (C=O) groups is 5. The van der Waals surface area contributed by atoms with E-state index in [1.807, 2.05) is 55.5 Å². The molecule has 8 rings (SSSR count). The fourth-order valence-electron chi connectivity index (χ4n) is 8.82. The number of amides is 4. The van der Waals surface area contributed by atoms with Gasteiger partial charge in [-0.05, 0) is 79.3 Å². The van der Waals surface area contributed by atoms with Crippen LogP contribution in [0.5, 0.6) is 5.75 Å². The van der Waals surface area contributed by atoms with Gasteiger partial charge in [0.1, 0.15) is 5.75 Å². The van der Waals surface area contributed by atoms with Crippen molar-refractivity contribution < 1.29 is 34.2 Å². The van der Waals surface area contributed by atoms with Gasteiger partial charge in [0.25, 0.3) is 11.8 Å². The number of anilines is 2. The molecular weight excluding hydrogens is 634 g/mol. The molecule has 4 aliphatic rings. The lowest BCUT2D eigenvalue weighted by atomic mass is 9.49. The minimum atomic E-state index is -1.41. The van der Waals surface area contributed by atoms with Crippen molar-refractivity contribution in [3.05, 3.63) is 137 Å². The topological polar surface area (TPSA) is 144 Å². The van der Waals surface area contributed by atoms with Crippen molar-refractivity contribution in [1.29, 1.82) is 0 Å². The Bertz CT molecular complexity index is 2110. The molecule has 0 unspecified atom stereocenters. The molecule has 1 saturated carbocycles. The summed E-state index contributed by atoms with van der Waals surface area (Å²) in [5.74, 6) is -6.64. The fraction of sp³-hybridized carbons (Fsp3) is 0.225. The van der Waals surface area contributed by atoms with Crippen molar-refractivity contribution in [1.82, 2.24) is 5.01 Å². The summed E-state index contributed by atoms with van der Waals surface area (Å²) in [5.41, 5.74) is 5.51. The number of fused-ring (bicyclic) bond motifs is 4. The van der Waals surface area contributed by atoms with E-state index in [2.05, 4.69) is 5.43 Å². The Morgan fingerprint density at radius 3 is 2.24 bits per heavy atom. The van der Waals surface area contributed by atoms with E-state index in [9.17, 15) is 29.4 Å². The average Bonchev–Trinajstić information content (AvgIpc) is 3.51. The van der Waals surface area contributed by atoms with Crippen molar-refractivity contribution >= 4 is 41.0 Å². The van der Waals surface area contributed by atoms with Crippen LogP contribution in [-0.2, 0) is 24.6 Å². The maximum Gasteiger partial charge on any atom is 0.335 e. The lowest BCUT2D eigenvalue weighted by Gasteiger charge is -2.50. The van der Waals surface area contributed by atoms with E-state index in [4.69, 9.17) is 0 Å². The van der Waals surface area contributed by atoms with Gasteiger partial charge in [-0.3, -0.25) is 29.5 Å². The minimum absolute atomic E-state index is 0.0383. The van der Waals surface area contributed by atoms with E-state index < -0.39 is 64.6 Å². The van der Waals surface area contributed by atoms with Crippen molar-refractivity contribution in [2.75, 3.05) is 10.3 Å². The normalized spacial score (nSPS) is 27.1. The number of aromatic hydroxyl groups is 1. The van der Waals surface area contributed by atoms with E-state index in [-0.39, 0.29) is 29.8 Å². The van der Waals surface area contributed by atoms with Crippen LogP contribution in [0.3, 0.4) is 0 Å². The molecule has 2 aliphatic heterocycles. The summed E-state index contributed by atoms with van der Waals surface area (Å²) >= 11 is 0. The zero-order valence-corrected chi connectivity index (χ0v) is 27.0. The molecule has 3 N–H and O–H groups in total. The summed E-state index contributed by atoms with van der Waals surface area (Å²) < 4.78 is 0. The molecule has 4 amide bonds. The molecular formula is C40H33N3O7. The van der Waals surface area contributed by atoms with E-state index >= 15 is 4.79 Å². The Labute approximate surface area is 287 Å². The Hall–Kier alpha value is -6.03. The predicted molar refractivity (Wildman–Crippen MR) is 183 cm³/mol. The second-order valence-electron chi connectivity index (χ2n) is 13.6. The Balaban J connectivity index is 1.29. The maximum absolute atomic E-state index is 15.1. The molecule has 10 heteroatoms. The predicted octanol–water partition coefficient (Wildman–Crippen LogP) is 5.59. The van der Waals surface area contributed by atoms with Crippen LogP contribution in [0.2, 0.25) is 0 Å². The number of nitrogens with zero attached hydrogens (tertiary/aromatic N) is 2. The van der Waals surface area contributed by atoms with Crippen molar-refractivity contribution in [2.24, 2.45) is 23.7 Å². The molecule has 0 aromatic heterocycles. The number of carbonyl (C=O) groups excluding carboxylic acids is 4. The molecule has 0 radical (unpaired) electrons. The molecule has 10 nitrogen and oxygen atoms in total. The van der Waals surface area contributed by atoms with Crippen molar-refractivity contribution in [3.8, 4) is 5.75 Å². The second-order valence-corrected chi connectivity index (χ2v) is 13.6. The number of aryl methyl sites for hydroxylation is 1. The van der Waals surface area contributed by atoms with Crippen LogP contribution in [0, 0.1) is 30.6 Å². The summed E-state index contributed by atoms with van der Waals surface area (Å²) in [6, 6.07) is 28.9. The lowest BCUT2D eigenvalue weighted by molar-refractivity contribution is -0.138. The van der Waals surface area contributed by atoms with Gasteiger partial charge in [-0.2, -0.15) is 5.01 Å². The number of hydrogen-bond acceptors (Lipinski definition) is 7. The number of imide groups is 2. The van der Waals surface area contributed by atoms with Gasteiger partial charge in [0.05, 0.1) is 40.1 Å². The maximum atomic E-state index is 15.1. The molecule has 2 saturated heterocycles. The largest absolute Gasteiger partial charge is 0.508 e. The van der Waals surface area contributed by atoms with Gasteiger partial charge < -0.3 is 10.2 Å². The zero-order valence-electron chi connectivity index (χ0n) is 27.0. The number of carboxylic acids is 1. The van der Waals surface area contributed by atoms with Crippen LogP contribution < -0.4 is 10.3 Å². The third-order valence-corrected chi connectivity index (χ3v) is 11.0. The smallest absolute Gasteiger partial charge is 0.335 e. The summed E-state index contributed by atoms with van der Waals surface area (Å²) in [5, 5.41) is 21.0. The lowest BCUT2D eigenvalue weighted by Crippen LogP contribution is -2.53. The molecule has 0 bridgehead atoms. The SMILES string of the molecule is Cc1ccc(NN2C(=O)[C@@H]3C[C@@H]4C(=CC[C@@H]5C(=O)N(c6cccc(C(=O)O)c6)C(=O)[C@@H]54)[C@H](c4ccc(O)cc4)[C@]3(c3ccccc3)C2=O)cc1. The highest BCUT2D eigenvalue weighted by Gasteiger charge is 2.70. The first kappa shape index (κ1) is 31.3. The van der Waals surface area contributed by atoms with E-state index in [1.165, 1.54) is 18.2 Å². The third kappa shape index (κ3) is 4.51. The highest BCUT2D eigenvalue weighted by molar-refractivity contribution is 6.23. The number of phenols is 1. The Morgan fingerprint density at radius 1 is 0.820 bits per heavy atom. The van der Waals surface area contributed by atoms with Crippen LogP contribution in [0.25, 0.3) is 0 Å². The van der Waals surface area contributed by atoms with Crippen LogP contribution in [0.4, 0.5) is 11.4 Å². The number of rotatable bonds is 6. The van der Waals surface area contributed by atoms with Crippen LogP contribution in [0.15, 0.2) is 115 Å². The number of allylic oxidation sites excluding steroid dienone is 2. The molecule has 250 valence electrons. The number of phenolic OH excluding ortho intramolecular Hbond substituents is 1. The molecule has 6 atom stereocenters. The number of nitrogens with one attached hydrogen (secondary N) is 1. The van der Waals surface area contributed by atoms with Gasteiger partial charge in [0, 0.05) is 5.92 Å². The first-order valence-electron chi connectivity index (χ1n) is 16.6. The van der Waals surface area contributed by atoms with E-state index in [1.54, 1.807) is 42.5 Å². The molecule has 4 aromatic carbocycles. The number of hydrazine groups is 1. The highest BCUT2D eigenvalue weighted by Crippen LogP contribution is 2.64. The second kappa shape index (κ2) is 11.5. The van der Waals surface area contributed by atoms with Gasteiger partial charge in [0.15, 0.2) is 0 Å². The van der Waals surface area contributed by atoms with Gasteiger partial charge in [-0.1, -0.05) is 77.9 Å². The summed E-state index contributed by atoms with van der Waals surface area (Å²) in [7, 11) is 0. The number of carboxylic acid groups (broad SMARTS) is 1. The summed E-state index contributed by atoms with van der Waals surface area (Å²) in [6.07, 6.45) is 2.32. The Morgan fingerprint density at radius 2 is 1.54 bits per heavy atom. The Kier molecular flexibility index (Phi) is 7.22. The quantitative estimate of drug-likeness (QED) is 0.178. The van der Waals surface area contributed by atoms with Crippen LogP contribution in [0.1, 0.15) is 45.8 Å². The molecule has 50 heavy (non-hydrogen) atoms. The third-order valence-electron chi connectivity index (χ3n) is 11.0. The molecule has 2 heterocycles. The minimum Gasteiger partial charge on any atom is -0.508 e. The summed E-state index contributed by atoms with van der Waals surface area (Å²) in [4.78, 5) is 71.0. The monoisotopic (exact) mass is 667 g/mol. The van der Waals surface area contributed by atoms with Crippen molar-refractivity contribution in [2.45, 2.75) is 31.1 Å². The first-order chi connectivity index (χ1) is 24.1. The van der Waals surface area contributed by atoms with E-state index in [0.717, 1.165) is 21.0 Å². The van der Waals surface area contributed by atoms with Gasteiger partial charge in [0.2, 0.25) is 11.8 Å². The highest BCUT2D eigenvalue weighted by atomic mass is 16.4. The number of benzene rings is 4. The number of aromatic carboxylic acids is 1. The van der Waals surface area contributed by atoms with Crippen LogP contribution in [-0.4, -0.2) is 44.8 Å². The van der Waals surface area contributed by atoms with Crippen molar-refractivity contribution in [3.63, 3.8) is 0 Å². The molecule has 4 aromatic rings. The van der Waals surface area contributed by atoms with Gasteiger partial charge in [-0.25, -0.2) is 4.79 Å².